The Balaban J connectivity index is 2.34. The van der Waals surface area contributed by atoms with Gasteiger partial charge in [-0.15, -0.1) is 0 Å². The van der Waals surface area contributed by atoms with Crippen molar-refractivity contribution in [2.75, 3.05) is 6.54 Å². The molecule has 1 unspecified atom stereocenters. The summed E-state index contributed by atoms with van der Waals surface area (Å²) in [5.74, 6) is 0.435. The van der Waals surface area contributed by atoms with Crippen molar-refractivity contribution in [3.63, 3.8) is 0 Å². The summed E-state index contributed by atoms with van der Waals surface area (Å²) in [7, 11) is 0. The highest BCUT2D eigenvalue weighted by Gasteiger charge is 2.32. The monoisotopic (exact) mass is 279 g/mol. The molecule has 0 aromatic heterocycles. The Kier molecular flexibility index (Phi) is 4.60. The van der Waals surface area contributed by atoms with Gasteiger partial charge in [0.25, 0.3) is 0 Å². The van der Waals surface area contributed by atoms with Crippen molar-refractivity contribution in [2.45, 2.75) is 38.8 Å². The van der Waals surface area contributed by atoms with Gasteiger partial charge in [-0.1, -0.05) is 24.2 Å². The van der Waals surface area contributed by atoms with Gasteiger partial charge in [0.2, 0.25) is 0 Å². The quantitative estimate of drug-likeness (QED) is 0.387. The molecule has 1 aromatic carbocycles. The summed E-state index contributed by atoms with van der Waals surface area (Å²) in [6, 6.07) is 6.25. The van der Waals surface area contributed by atoms with Crippen molar-refractivity contribution < 1.29 is 9.60 Å². The van der Waals surface area contributed by atoms with E-state index in [9.17, 15) is 4.39 Å². The molecule has 110 valence electrons. The lowest BCUT2D eigenvalue weighted by molar-refractivity contribution is 0.102. The first kappa shape index (κ1) is 14.8. The average molecular weight is 279 g/mol. The van der Waals surface area contributed by atoms with E-state index in [2.05, 4.69) is 23.9 Å². The summed E-state index contributed by atoms with van der Waals surface area (Å²) in [4.78, 5) is 2.23. The standard InChI is InChI=1S/C15H22FN3O/c1-10-3-4-11(2)19(9-10)14(15(17)18-20)12-5-7-13(16)8-6-12/h5-8,10-11,14,20H,3-4,9H2,1-2H3,(H2,17,18)/t10-,11-,14?/m1/s1. The Bertz CT molecular complexity index is 475. The van der Waals surface area contributed by atoms with E-state index in [4.69, 9.17) is 10.9 Å². The summed E-state index contributed by atoms with van der Waals surface area (Å²) in [5.41, 5.74) is 6.74. The van der Waals surface area contributed by atoms with Gasteiger partial charge in [0.15, 0.2) is 5.84 Å². The van der Waals surface area contributed by atoms with Crippen LogP contribution < -0.4 is 5.73 Å². The number of likely N-dealkylation sites (tertiary alicyclic amines) is 1. The van der Waals surface area contributed by atoms with E-state index >= 15 is 0 Å². The molecule has 1 fully saturated rings. The predicted octanol–water partition coefficient (Wildman–Crippen LogP) is 2.73. The van der Waals surface area contributed by atoms with Crippen LogP contribution in [0.4, 0.5) is 4.39 Å². The highest BCUT2D eigenvalue weighted by atomic mass is 19.1. The van der Waals surface area contributed by atoms with E-state index in [1.165, 1.54) is 18.6 Å². The molecule has 3 N–H and O–H groups in total. The van der Waals surface area contributed by atoms with Crippen LogP contribution in [0.15, 0.2) is 29.4 Å². The summed E-state index contributed by atoms with van der Waals surface area (Å²) < 4.78 is 13.1. The van der Waals surface area contributed by atoms with Crippen LogP contribution in [0.1, 0.15) is 38.3 Å². The molecule has 4 nitrogen and oxygen atoms in total. The Morgan fingerprint density at radius 3 is 2.60 bits per heavy atom. The maximum Gasteiger partial charge on any atom is 0.161 e. The van der Waals surface area contributed by atoms with E-state index in [-0.39, 0.29) is 17.7 Å². The molecule has 0 radical (unpaired) electrons. The maximum absolute atomic E-state index is 13.1. The number of piperidine rings is 1. The molecule has 2 rings (SSSR count). The zero-order chi connectivity index (χ0) is 14.7. The van der Waals surface area contributed by atoms with E-state index < -0.39 is 0 Å². The molecule has 1 aliphatic heterocycles. The first-order chi connectivity index (χ1) is 9.52. The minimum absolute atomic E-state index is 0.151. The minimum atomic E-state index is -0.307. The number of amidine groups is 1. The number of rotatable bonds is 3. The van der Waals surface area contributed by atoms with Crippen LogP contribution in [0.5, 0.6) is 0 Å². The van der Waals surface area contributed by atoms with Crippen LogP contribution in [-0.4, -0.2) is 28.5 Å². The number of oxime groups is 1. The van der Waals surface area contributed by atoms with Crippen molar-refractivity contribution in [3.05, 3.63) is 35.6 Å². The third-order valence-electron chi connectivity index (χ3n) is 4.08. The van der Waals surface area contributed by atoms with E-state index in [0.717, 1.165) is 18.5 Å². The van der Waals surface area contributed by atoms with Crippen molar-refractivity contribution in [3.8, 4) is 0 Å². The predicted molar refractivity (Wildman–Crippen MR) is 77.1 cm³/mol. The molecule has 1 aromatic rings. The van der Waals surface area contributed by atoms with Gasteiger partial charge in [0.05, 0.1) is 6.04 Å². The van der Waals surface area contributed by atoms with Crippen LogP contribution in [0.25, 0.3) is 0 Å². The van der Waals surface area contributed by atoms with Crippen LogP contribution in [0.2, 0.25) is 0 Å². The average Bonchev–Trinajstić information content (AvgIpc) is 2.44. The van der Waals surface area contributed by atoms with E-state index in [1.54, 1.807) is 12.1 Å². The molecule has 0 amide bonds. The number of hydrogen-bond donors (Lipinski definition) is 2. The lowest BCUT2D eigenvalue weighted by atomic mass is 9.91. The molecule has 1 saturated heterocycles. The Hall–Kier alpha value is -1.62. The fraction of sp³-hybridized carbons (Fsp3) is 0.533. The van der Waals surface area contributed by atoms with Crippen molar-refractivity contribution >= 4 is 5.84 Å². The molecule has 20 heavy (non-hydrogen) atoms. The zero-order valence-corrected chi connectivity index (χ0v) is 12.0. The third-order valence-corrected chi connectivity index (χ3v) is 4.08. The Morgan fingerprint density at radius 1 is 1.35 bits per heavy atom. The molecule has 0 aliphatic carbocycles. The first-order valence-electron chi connectivity index (χ1n) is 7.01. The first-order valence-corrected chi connectivity index (χ1v) is 7.01. The fourth-order valence-corrected chi connectivity index (χ4v) is 2.91. The van der Waals surface area contributed by atoms with Crippen LogP contribution >= 0.6 is 0 Å². The SMILES string of the molecule is C[C@@H]1CC[C@@H](C)N(C(/C(N)=N/O)c2ccc(F)cc2)C1. The second-order valence-electron chi connectivity index (χ2n) is 5.71. The van der Waals surface area contributed by atoms with Crippen molar-refractivity contribution in [2.24, 2.45) is 16.8 Å². The normalized spacial score (nSPS) is 26.4. The molecule has 0 saturated carbocycles. The number of benzene rings is 1. The molecule has 0 spiro atoms. The zero-order valence-electron chi connectivity index (χ0n) is 12.0. The number of nitrogens with zero attached hydrogens (tertiary/aromatic N) is 2. The van der Waals surface area contributed by atoms with Crippen molar-refractivity contribution in [1.82, 2.24) is 4.90 Å². The van der Waals surface area contributed by atoms with Crippen LogP contribution in [0, 0.1) is 11.7 Å². The lowest BCUT2D eigenvalue weighted by Crippen LogP contribution is -2.47. The van der Waals surface area contributed by atoms with Crippen LogP contribution in [-0.2, 0) is 0 Å². The van der Waals surface area contributed by atoms with Crippen LogP contribution in [0.3, 0.4) is 0 Å². The topological polar surface area (TPSA) is 61.8 Å². The molecular formula is C15H22FN3O. The minimum Gasteiger partial charge on any atom is -0.409 e. The van der Waals surface area contributed by atoms with Gasteiger partial charge in [-0.3, -0.25) is 4.90 Å². The van der Waals surface area contributed by atoms with Crippen molar-refractivity contribution in [1.29, 1.82) is 0 Å². The second-order valence-corrected chi connectivity index (χ2v) is 5.71. The molecule has 5 heteroatoms. The number of halogens is 1. The molecular weight excluding hydrogens is 257 g/mol. The summed E-state index contributed by atoms with van der Waals surface area (Å²) in [5, 5.41) is 12.2. The number of nitrogens with two attached hydrogens (primary N) is 1. The van der Waals surface area contributed by atoms with E-state index in [1.807, 2.05) is 0 Å². The van der Waals surface area contributed by atoms with E-state index in [0.29, 0.717) is 12.0 Å². The van der Waals surface area contributed by atoms with Gasteiger partial charge in [-0.2, -0.15) is 0 Å². The van der Waals surface area contributed by atoms with Gasteiger partial charge in [-0.05, 0) is 43.4 Å². The highest BCUT2D eigenvalue weighted by molar-refractivity contribution is 5.86. The van der Waals surface area contributed by atoms with Gasteiger partial charge >= 0.3 is 0 Å². The number of hydrogen-bond acceptors (Lipinski definition) is 3. The lowest BCUT2D eigenvalue weighted by Gasteiger charge is -2.41. The second kappa shape index (κ2) is 6.22. The molecule has 1 aliphatic rings. The molecule has 0 bridgehead atoms. The van der Waals surface area contributed by atoms with Gasteiger partial charge in [-0.25, -0.2) is 4.39 Å². The van der Waals surface area contributed by atoms with Gasteiger partial charge in [0, 0.05) is 12.6 Å². The fourth-order valence-electron chi connectivity index (χ4n) is 2.91. The Labute approximate surface area is 119 Å². The molecule has 1 heterocycles. The summed E-state index contributed by atoms with van der Waals surface area (Å²) in [6.07, 6.45) is 2.27. The largest absolute Gasteiger partial charge is 0.409 e. The summed E-state index contributed by atoms with van der Waals surface area (Å²) in [6.45, 7) is 5.24. The Morgan fingerprint density at radius 2 is 2.00 bits per heavy atom. The van der Waals surface area contributed by atoms with Gasteiger partial charge in [0.1, 0.15) is 5.82 Å². The third kappa shape index (κ3) is 3.10. The smallest absolute Gasteiger partial charge is 0.161 e. The summed E-state index contributed by atoms with van der Waals surface area (Å²) >= 11 is 0. The maximum atomic E-state index is 13.1. The van der Waals surface area contributed by atoms with Gasteiger partial charge < -0.3 is 10.9 Å². The molecule has 3 atom stereocenters. The highest BCUT2D eigenvalue weighted by Crippen LogP contribution is 2.31.